The molecule has 3 N–H and O–H groups in total. The summed E-state index contributed by atoms with van der Waals surface area (Å²) in [7, 11) is 0. The molecule has 0 bridgehead atoms. The van der Waals surface area contributed by atoms with Gasteiger partial charge in [-0.25, -0.2) is 0 Å². The Labute approximate surface area is 58.8 Å². The predicted molar refractivity (Wildman–Crippen MR) is 34.9 cm³/mol. The highest BCUT2D eigenvalue weighted by atomic mass is 16.2. The molecule has 0 radical (unpaired) electrons. The molecule has 0 spiro atoms. The van der Waals surface area contributed by atoms with E-state index in [2.05, 4.69) is 5.32 Å². The van der Waals surface area contributed by atoms with Crippen molar-refractivity contribution in [3.05, 3.63) is 0 Å². The van der Waals surface area contributed by atoms with Gasteiger partial charge in [-0.15, -0.1) is 0 Å². The van der Waals surface area contributed by atoms with Crippen molar-refractivity contribution in [3.63, 3.8) is 0 Å². The van der Waals surface area contributed by atoms with Gasteiger partial charge in [0.15, 0.2) is 0 Å². The molecule has 1 saturated heterocycles. The van der Waals surface area contributed by atoms with Crippen molar-refractivity contribution >= 4 is 11.8 Å². The van der Waals surface area contributed by atoms with Crippen LogP contribution in [0, 0.1) is 5.41 Å². The van der Waals surface area contributed by atoms with Crippen molar-refractivity contribution < 1.29 is 9.59 Å². The number of nitrogens with one attached hydrogen (secondary N) is 1. The van der Waals surface area contributed by atoms with Gasteiger partial charge in [0, 0.05) is 13.0 Å². The number of carbonyl (C=O) groups is 2. The Balaban J connectivity index is 2.80. The quantitative estimate of drug-likeness (QED) is 0.461. The number of carbonyl (C=O) groups excluding carboxylic acids is 2. The fourth-order valence-electron chi connectivity index (χ4n) is 0.921. The topological polar surface area (TPSA) is 72.2 Å². The molecular weight excluding hydrogens is 132 g/mol. The zero-order chi connectivity index (χ0) is 7.78. The number of amides is 2. The average Bonchev–Trinajstić information content (AvgIpc) is 2.09. The normalized spacial score (nSPS) is 32.6. The number of hydrogen-bond donors (Lipinski definition) is 2. The second-order valence-corrected chi connectivity index (χ2v) is 2.82. The highest BCUT2D eigenvalue weighted by Gasteiger charge is 2.41. The Morgan fingerprint density at radius 2 is 2.30 bits per heavy atom. The number of hydrogen-bond acceptors (Lipinski definition) is 3. The Morgan fingerprint density at radius 1 is 1.70 bits per heavy atom. The van der Waals surface area contributed by atoms with Crippen LogP contribution >= 0.6 is 0 Å². The van der Waals surface area contributed by atoms with Gasteiger partial charge in [0.25, 0.3) is 0 Å². The first kappa shape index (κ1) is 7.21. The summed E-state index contributed by atoms with van der Waals surface area (Å²) in [5.41, 5.74) is 4.65. The molecule has 1 fully saturated rings. The van der Waals surface area contributed by atoms with Crippen LogP contribution in [0.3, 0.4) is 0 Å². The van der Waals surface area contributed by atoms with E-state index in [1.807, 2.05) is 0 Å². The smallest absolute Gasteiger partial charge is 0.234 e. The molecule has 1 atom stereocenters. The number of imide groups is 1. The van der Waals surface area contributed by atoms with Gasteiger partial charge in [0.2, 0.25) is 11.8 Å². The highest BCUT2D eigenvalue weighted by Crippen LogP contribution is 2.24. The summed E-state index contributed by atoms with van der Waals surface area (Å²) >= 11 is 0. The summed E-state index contributed by atoms with van der Waals surface area (Å²) in [4.78, 5) is 21.6. The molecule has 0 aromatic rings. The van der Waals surface area contributed by atoms with Gasteiger partial charge in [0.05, 0.1) is 5.41 Å². The molecule has 0 aliphatic carbocycles. The molecular formula is C6H10N2O2. The minimum Gasteiger partial charge on any atom is -0.329 e. The summed E-state index contributed by atoms with van der Waals surface area (Å²) in [6.07, 6.45) is 0.225. The molecule has 4 heteroatoms. The van der Waals surface area contributed by atoms with E-state index in [0.717, 1.165) is 0 Å². The zero-order valence-corrected chi connectivity index (χ0v) is 5.81. The molecule has 2 amide bonds. The van der Waals surface area contributed by atoms with E-state index >= 15 is 0 Å². The lowest BCUT2D eigenvalue weighted by molar-refractivity contribution is -0.127. The van der Waals surface area contributed by atoms with Crippen molar-refractivity contribution in [1.29, 1.82) is 0 Å². The average molecular weight is 142 g/mol. The van der Waals surface area contributed by atoms with E-state index in [9.17, 15) is 9.59 Å². The van der Waals surface area contributed by atoms with Gasteiger partial charge in [-0.1, -0.05) is 0 Å². The van der Waals surface area contributed by atoms with Crippen LogP contribution in [0.4, 0.5) is 0 Å². The molecule has 1 aliphatic heterocycles. The molecule has 4 nitrogen and oxygen atoms in total. The fraction of sp³-hybridized carbons (Fsp3) is 0.667. The first-order chi connectivity index (χ1) is 4.58. The zero-order valence-electron chi connectivity index (χ0n) is 5.81. The maximum Gasteiger partial charge on any atom is 0.234 e. The number of rotatable bonds is 1. The van der Waals surface area contributed by atoms with Crippen molar-refractivity contribution in [1.82, 2.24) is 5.32 Å². The Kier molecular flexibility index (Phi) is 1.48. The molecule has 0 saturated carbocycles. The summed E-state index contributed by atoms with van der Waals surface area (Å²) in [6.45, 7) is 1.91. The lowest BCUT2D eigenvalue weighted by Gasteiger charge is -2.14. The summed E-state index contributed by atoms with van der Waals surface area (Å²) in [5, 5.41) is 2.20. The minimum absolute atomic E-state index is 0.224. The van der Waals surface area contributed by atoms with E-state index in [1.54, 1.807) is 6.92 Å². The second kappa shape index (κ2) is 2.05. The van der Waals surface area contributed by atoms with Crippen molar-refractivity contribution in [3.8, 4) is 0 Å². The lowest BCUT2D eigenvalue weighted by Crippen LogP contribution is -2.35. The number of nitrogens with two attached hydrogens (primary N) is 1. The second-order valence-electron chi connectivity index (χ2n) is 2.82. The lowest BCUT2D eigenvalue weighted by atomic mass is 9.89. The fourth-order valence-corrected chi connectivity index (χ4v) is 0.921. The molecule has 0 aromatic heterocycles. The maximum atomic E-state index is 10.9. The minimum atomic E-state index is -0.656. The third-order valence-electron chi connectivity index (χ3n) is 1.80. The van der Waals surface area contributed by atoms with Gasteiger partial charge < -0.3 is 5.73 Å². The molecule has 1 unspecified atom stereocenters. The van der Waals surface area contributed by atoms with Crippen LogP contribution in [-0.2, 0) is 9.59 Å². The van der Waals surface area contributed by atoms with Gasteiger partial charge in [0.1, 0.15) is 0 Å². The highest BCUT2D eigenvalue weighted by molar-refractivity contribution is 6.05. The molecule has 56 valence electrons. The first-order valence-corrected chi connectivity index (χ1v) is 3.13. The van der Waals surface area contributed by atoms with Crippen molar-refractivity contribution in [2.45, 2.75) is 13.3 Å². The van der Waals surface area contributed by atoms with Gasteiger partial charge >= 0.3 is 0 Å². The molecule has 1 heterocycles. The third kappa shape index (κ3) is 0.903. The van der Waals surface area contributed by atoms with Crippen LogP contribution in [0.2, 0.25) is 0 Å². The molecule has 0 aromatic carbocycles. The van der Waals surface area contributed by atoms with Crippen LogP contribution in [0.15, 0.2) is 0 Å². The van der Waals surface area contributed by atoms with Crippen LogP contribution in [-0.4, -0.2) is 18.4 Å². The van der Waals surface area contributed by atoms with E-state index in [1.165, 1.54) is 0 Å². The largest absolute Gasteiger partial charge is 0.329 e. The van der Waals surface area contributed by atoms with E-state index in [-0.39, 0.29) is 24.8 Å². The van der Waals surface area contributed by atoms with Crippen molar-refractivity contribution in [2.24, 2.45) is 11.1 Å². The SMILES string of the molecule is CC1(CN)CC(=O)NC1=O. The standard InChI is InChI=1S/C6H10N2O2/c1-6(3-7)2-4(9)8-5(6)10/h2-3,7H2,1H3,(H,8,9,10). The summed E-state index contributed by atoms with van der Waals surface area (Å²) in [6, 6.07) is 0. The van der Waals surface area contributed by atoms with Gasteiger partial charge in [-0.05, 0) is 6.92 Å². The summed E-state index contributed by atoms with van der Waals surface area (Å²) < 4.78 is 0. The van der Waals surface area contributed by atoms with Crippen LogP contribution in [0.25, 0.3) is 0 Å². The van der Waals surface area contributed by atoms with Gasteiger partial charge in [-0.2, -0.15) is 0 Å². The molecule has 10 heavy (non-hydrogen) atoms. The van der Waals surface area contributed by atoms with E-state index in [0.29, 0.717) is 0 Å². The van der Waals surface area contributed by atoms with Crippen LogP contribution in [0.1, 0.15) is 13.3 Å². The Bertz CT molecular complexity index is 190. The Hall–Kier alpha value is -0.900. The van der Waals surface area contributed by atoms with Crippen LogP contribution < -0.4 is 11.1 Å². The maximum absolute atomic E-state index is 10.9. The predicted octanol–water partition coefficient (Wildman–Crippen LogP) is -1.00. The van der Waals surface area contributed by atoms with E-state index in [4.69, 9.17) is 5.73 Å². The first-order valence-electron chi connectivity index (χ1n) is 3.13. The van der Waals surface area contributed by atoms with E-state index < -0.39 is 5.41 Å². The molecule has 1 rings (SSSR count). The molecule has 1 aliphatic rings. The monoisotopic (exact) mass is 142 g/mol. The summed E-state index contributed by atoms with van der Waals surface area (Å²) in [5.74, 6) is -0.474. The van der Waals surface area contributed by atoms with Gasteiger partial charge in [-0.3, -0.25) is 14.9 Å². The third-order valence-corrected chi connectivity index (χ3v) is 1.80. The van der Waals surface area contributed by atoms with Crippen molar-refractivity contribution in [2.75, 3.05) is 6.54 Å². The Morgan fingerprint density at radius 3 is 2.50 bits per heavy atom. The van der Waals surface area contributed by atoms with Crippen LogP contribution in [0.5, 0.6) is 0 Å².